The lowest BCUT2D eigenvalue weighted by atomic mass is 10.1. The predicted molar refractivity (Wildman–Crippen MR) is 95.2 cm³/mol. The minimum Gasteiger partial charge on any atom is -0.465 e. The molecule has 0 aliphatic heterocycles. The molecule has 2 heterocycles. The first kappa shape index (κ1) is 17.3. The number of carbonyl (C=O) groups is 1. The van der Waals surface area contributed by atoms with Crippen LogP contribution in [0, 0.1) is 20.8 Å². The Balaban J connectivity index is 1.79. The van der Waals surface area contributed by atoms with E-state index in [1.165, 1.54) is 24.4 Å². The number of rotatable bonds is 5. The Morgan fingerprint density at radius 2 is 2.08 bits per heavy atom. The highest BCUT2D eigenvalue weighted by molar-refractivity contribution is 7.98. The van der Waals surface area contributed by atoms with Crippen LogP contribution in [0.25, 0.3) is 5.69 Å². The van der Waals surface area contributed by atoms with E-state index in [9.17, 15) is 4.79 Å². The summed E-state index contributed by atoms with van der Waals surface area (Å²) in [6.45, 7) is 5.88. The van der Waals surface area contributed by atoms with Crippen LogP contribution >= 0.6 is 11.8 Å². The fourth-order valence-electron chi connectivity index (χ4n) is 2.63. The van der Waals surface area contributed by atoms with Crippen LogP contribution in [0.3, 0.4) is 0 Å². The molecule has 3 rings (SSSR count). The van der Waals surface area contributed by atoms with Crippen LogP contribution in [-0.2, 0) is 10.5 Å². The standard InChI is InChI=1S/C18H19N3O3S/c1-11-5-6-16(12(2)7-11)21-10-19-20-18(21)25-9-14-8-15(13(3)24-14)17(22)23-4/h5-8,10H,9H2,1-4H3. The Morgan fingerprint density at radius 3 is 2.80 bits per heavy atom. The average Bonchev–Trinajstić information content (AvgIpc) is 3.18. The summed E-state index contributed by atoms with van der Waals surface area (Å²) in [4.78, 5) is 11.7. The Hall–Kier alpha value is -2.54. The number of benzene rings is 1. The number of hydrogen-bond acceptors (Lipinski definition) is 6. The van der Waals surface area contributed by atoms with Crippen molar-refractivity contribution in [2.75, 3.05) is 7.11 Å². The third-order valence-corrected chi connectivity index (χ3v) is 4.81. The van der Waals surface area contributed by atoms with E-state index in [-0.39, 0.29) is 0 Å². The zero-order chi connectivity index (χ0) is 18.0. The Bertz CT molecular complexity index is 914. The maximum absolute atomic E-state index is 11.7. The normalized spacial score (nSPS) is 10.9. The maximum Gasteiger partial charge on any atom is 0.341 e. The SMILES string of the molecule is COC(=O)c1cc(CSc2nncn2-c2ccc(C)cc2C)oc1C. The Kier molecular flexibility index (Phi) is 4.94. The molecule has 6 nitrogen and oxygen atoms in total. The first-order valence-corrected chi connectivity index (χ1v) is 8.76. The summed E-state index contributed by atoms with van der Waals surface area (Å²) in [5, 5.41) is 8.98. The highest BCUT2D eigenvalue weighted by Crippen LogP contribution is 2.27. The molecule has 0 saturated heterocycles. The van der Waals surface area contributed by atoms with E-state index in [1.807, 2.05) is 4.57 Å². The van der Waals surface area contributed by atoms with Crippen LogP contribution in [0.4, 0.5) is 0 Å². The number of thioether (sulfide) groups is 1. The van der Waals surface area contributed by atoms with Gasteiger partial charge in [0.1, 0.15) is 23.4 Å². The fraction of sp³-hybridized carbons (Fsp3) is 0.278. The molecule has 0 unspecified atom stereocenters. The number of carbonyl (C=O) groups excluding carboxylic acids is 1. The van der Waals surface area contributed by atoms with E-state index in [0.717, 1.165) is 16.4 Å². The second-order valence-corrected chi connectivity index (χ2v) is 6.68. The lowest BCUT2D eigenvalue weighted by Crippen LogP contribution is -2.00. The molecule has 0 bridgehead atoms. The van der Waals surface area contributed by atoms with Gasteiger partial charge in [0.05, 0.1) is 18.6 Å². The summed E-state index contributed by atoms with van der Waals surface area (Å²) in [5.74, 6) is 1.40. The molecule has 7 heteroatoms. The van der Waals surface area contributed by atoms with Crippen LogP contribution in [0.15, 0.2) is 40.2 Å². The minimum absolute atomic E-state index is 0.393. The summed E-state index contributed by atoms with van der Waals surface area (Å²) >= 11 is 1.50. The Morgan fingerprint density at radius 1 is 1.28 bits per heavy atom. The molecule has 0 fully saturated rings. The van der Waals surface area contributed by atoms with Gasteiger partial charge in [0, 0.05) is 0 Å². The number of aromatic nitrogens is 3. The highest BCUT2D eigenvalue weighted by Gasteiger charge is 2.16. The summed E-state index contributed by atoms with van der Waals surface area (Å²) in [5.41, 5.74) is 3.87. The fourth-order valence-corrected chi connectivity index (χ4v) is 3.43. The first-order valence-electron chi connectivity index (χ1n) is 7.77. The molecule has 3 aromatic rings. The lowest BCUT2D eigenvalue weighted by molar-refractivity contribution is 0.0599. The van der Waals surface area contributed by atoms with Crippen molar-refractivity contribution in [3.05, 3.63) is 58.8 Å². The van der Waals surface area contributed by atoms with E-state index in [1.54, 1.807) is 19.3 Å². The van der Waals surface area contributed by atoms with Crippen molar-refractivity contribution in [3.8, 4) is 5.69 Å². The second kappa shape index (κ2) is 7.14. The summed E-state index contributed by atoms with van der Waals surface area (Å²) in [6, 6.07) is 7.97. The van der Waals surface area contributed by atoms with Crippen molar-refractivity contribution in [1.29, 1.82) is 0 Å². The van der Waals surface area contributed by atoms with Gasteiger partial charge in [0.15, 0.2) is 5.16 Å². The molecule has 0 saturated carbocycles. The molecule has 0 spiro atoms. The van der Waals surface area contributed by atoms with E-state index < -0.39 is 5.97 Å². The number of hydrogen-bond donors (Lipinski definition) is 0. The average molecular weight is 357 g/mol. The first-order chi connectivity index (χ1) is 12.0. The lowest BCUT2D eigenvalue weighted by Gasteiger charge is -2.09. The zero-order valence-electron chi connectivity index (χ0n) is 14.6. The molecule has 1 aromatic carbocycles. The molecule has 0 amide bonds. The van der Waals surface area contributed by atoms with Crippen molar-refractivity contribution in [2.45, 2.75) is 31.7 Å². The molecule has 0 atom stereocenters. The van der Waals surface area contributed by atoms with Gasteiger partial charge in [-0.15, -0.1) is 10.2 Å². The molecule has 0 N–H and O–H groups in total. The smallest absolute Gasteiger partial charge is 0.341 e. The number of aryl methyl sites for hydroxylation is 3. The summed E-state index contributed by atoms with van der Waals surface area (Å²) in [7, 11) is 1.36. The van der Waals surface area contributed by atoms with Crippen molar-refractivity contribution < 1.29 is 13.9 Å². The summed E-state index contributed by atoms with van der Waals surface area (Å²) < 4.78 is 12.3. The van der Waals surface area contributed by atoms with Gasteiger partial charge in [-0.25, -0.2) is 4.79 Å². The number of esters is 1. The number of furan rings is 1. The Labute approximate surface area is 150 Å². The molecule has 2 aromatic heterocycles. The number of nitrogens with zero attached hydrogens (tertiary/aromatic N) is 3. The van der Waals surface area contributed by atoms with Gasteiger partial charge in [-0.1, -0.05) is 29.5 Å². The van der Waals surface area contributed by atoms with E-state index in [0.29, 0.717) is 22.8 Å². The van der Waals surface area contributed by atoms with Crippen LogP contribution in [0.2, 0.25) is 0 Å². The molecule has 0 radical (unpaired) electrons. The molecule has 0 aliphatic rings. The second-order valence-electron chi connectivity index (χ2n) is 5.74. The van der Waals surface area contributed by atoms with Crippen molar-refractivity contribution in [2.24, 2.45) is 0 Å². The highest BCUT2D eigenvalue weighted by atomic mass is 32.2. The van der Waals surface area contributed by atoms with Gasteiger partial charge in [-0.2, -0.15) is 0 Å². The van der Waals surface area contributed by atoms with Crippen LogP contribution in [-0.4, -0.2) is 27.8 Å². The monoisotopic (exact) mass is 357 g/mol. The third-order valence-electron chi connectivity index (χ3n) is 3.85. The molecular weight excluding hydrogens is 338 g/mol. The van der Waals surface area contributed by atoms with Crippen molar-refractivity contribution in [1.82, 2.24) is 14.8 Å². The molecule has 25 heavy (non-hydrogen) atoms. The van der Waals surface area contributed by atoms with Gasteiger partial charge in [-0.3, -0.25) is 4.57 Å². The van der Waals surface area contributed by atoms with E-state index >= 15 is 0 Å². The van der Waals surface area contributed by atoms with Crippen LogP contribution in [0.5, 0.6) is 0 Å². The minimum atomic E-state index is -0.393. The van der Waals surface area contributed by atoms with Gasteiger partial charge >= 0.3 is 5.97 Å². The number of methoxy groups -OCH3 is 1. The van der Waals surface area contributed by atoms with E-state index in [4.69, 9.17) is 9.15 Å². The van der Waals surface area contributed by atoms with Gasteiger partial charge < -0.3 is 9.15 Å². The van der Waals surface area contributed by atoms with Crippen LogP contribution in [0.1, 0.15) is 33.0 Å². The quantitative estimate of drug-likeness (QED) is 0.510. The predicted octanol–water partition coefficient (Wildman–Crippen LogP) is 3.86. The molecule has 0 aliphatic carbocycles. The van der Waals surface area contributed by atoms with Crippen molar-refractivity contribution >= 4 is 17.7 Å². The number of ether oxygens (including phenoxy) is 1. The molecular formula is C18H19N3O3S. The topological polar surface area (TPSA) is 70.2 Å². The van der Waals surface area contributed by atoms with Crippen molar-refractivity contribution in [3.63, 3.8) is 0 Å². The van der Waals surface area contributed by atoms with Gasteiger partial charge in [0.2, 0.25) is 0 Å². The molecule has 130 valence electrons. The summed E-state index contributed by atoms with van der Waals surface area (Å²) in [6.07, 6.45) is 1.70. The van der Waals surface area contributed by atoms with Crippen LogP contribution < -0.4 is 0 Å². The van der Waals surface area contributed by atoms with Gasteiger partial charge in [0.25, 0.3) is 0 Å². The zero-order valence-corrected chi connectivity index (χ0v) is 15.4. The largest absolute Gasteiger partial charge is 0.465 e. The third kappa shape index (κ3) is 3.61. The van der Waals surface area contributed by atoms with E-state index in [2.05, 4.69) is 42.2 Å². The van der Waals surface area contributed by atoms with Gasteiger partial charge in [-0.05, 0) is 38.5 Å². The maximum atomic E-state index is 11.7.